The second-order valence-electron chi connectivity index (χ2n) is 4.72. The van der Waals surface area contributed by atoms with E-state index in [2.05, 4.69) is 31.0 Å². The van der Waals surface area contributed by atoms with Crippen molar-refractivity contribution in [2.45, 2.75) is 33.2 Å². The Morgan fingerprint density at radius 2 is 2.00 bits per heavy atom. The van der Waals surface area contributed by atoms with E-state index in [-0.39, 0.29) is 11.9 Å². The van der Waals surface area contributed by atoms with Gasteiger partial charge in [0.25, 0.3) is 0 Å². The Morgan fingerprint density at radius 1 is 1.32 bits per heavy atom. The quantitative estimate of drug-likeness (QED) is 0.730. The molecule has 0 aliphatic rings. The van der Waals surface area contributed by atoms with Crippen LogP contribution in [0.15, 0.2) is 18.2 Å². The third kappa shape index (κ3) is 5.47. The molecule has 0 aliphatic carbocycles. The summed E-state index contributed by atoms with van der Waals surface area (Å²) < 4.78 is 13.0. The summed E-state index contributed by atoms with van der Waals surface area (Å²) in [5, 5.41) is 3.92. The average Bonchev–Trinajstić information content (AvgIpc) is 2.38. The zero-order chi connectivity index (χ0) is 14.3. The van der Waals surface area contributed by atoms with Gasteiger partial charge in [0.15, 0.2) is 0 Å². The van der Waals surface area contributed by atoms with Crippen LogP contribution in [-0.2, 0) is 0 Å². The van der Waals surface area contributed by atoms with Gasteiger partial charge >= 0.3 is 0 Å². The topological polar surface area (TPSA) is 15.3 Å². The van der Waals surface area contributed by atoms with Crippen LogP contribution in [0.1, 0.15) is 38.8 Å². The van der Waals surface area contributed by atoms with Gasteiger partial charge in [-0.15, -0.1) is 0 Å². The van der Waals surface area contributed by atoms with Gasteiger partial charge in [0, 0.05) is 11.1 Å². The Morgan fingerprint density at radius 3 is 2.58 bits per heavy atom. The maximum absolute atomic E-state index is 13.0. The molecule has 0 saturated heterocycles. The van der Waals surface area contributed by atoms with Crippen molar-refractivity contribution in [2.75, 3.05) is 26.2 Å². The van der Waals surface area contributed by atoms with Gasteiger partial charge in [-0.05, 0) is 57.2 Å². The lowest BCUT2D eigenvalue weighted by Crippen LogP contribution is -2.28. The normalized spacial score (nSPS) is 12.9. The predicted molar refractivity (Wildman–Crippen MR) is 80.2 cm³/mol. The molecule has 0 spiro atoms. The molecule has 1 N–H and O–H groups in total. The first-order chi connectivity index (χ1) is 9.08. The number of rotatable bonds is 8. The minimum absolute atomic E-state index is 0.143. The molecule has 0 fully saturated rings. The lowest BCUT2D eigenvalue weighted by atomic mass is 10.1. The Kier molecular flexibility index (Phi) is 7.36. The number of halogens is 2. The van der Waals surface area contributed by atoms with E-state index in [4.69, 9.17) is 11.6 Å². The molecule has 0 radical (unpaired) electrons. The molecule has 108 valence electrons. The molecule has 2 nitrogen and oxygen atoms in total. The second-order valence-corrected chi connectivity index (χ2v) is 5.13. The minimum atomic E-state index is -0.289. The van der Waals surface area contributed by atoms with Gasteiger partial charge in [0.2, 0.25) is 0 Å². The van der Waals surface area contributed by atoms with Crippen LogP contribution in [0.4, 0.5) is 4.39 Å². The molecule has 1 atom stereocenters. The fourth-order valence-corrected chi connectivity index (χ4v) is 2.45. The zero-order valence-electron chi connectivity index (χ0n) is 12.0. The molecule has 1 unspecified atom stereocenters. The Labute approximate surface area is 120 Å². The van der Waals surface area contributed by atoms with Crippen LogP contribution in [0, 0.1) is 5.82 Å². The molecule has 19 heavy (non-hydrogen) atoms. The van der Waals surface area contributed by atoms with E-state index in [0.717, 1.165) is 38.2 Å². The van der Waals surface area contributed by atoms with Crippen LogP contribution in [0.3, 0.4) is 0 Å². The highest BCUT2D eigenvalue weighted by molar-refractivity contribution is 6.31. The standard InChI is InChI=1S/C15H24ClFN2/c1-4-19(5-2)10-6-9-18-12(3)14-8-7-13(17)11-15(14)16/h7-8,11-12,18H,4-6,9-10H2,1-3H3. The lowest BCUT2D eigenvalue weighted by Gasteiger charge is -2.19. The van der Waals surface area contributed by atoms with Gasteiger partial charge < -0.3 is 10.2 Å². The van der Waals surface area contributed by atoms with Crippen LogP contribution in [0.2, 0.25) is 5.02 Å². The molecule has 0 heterocycles. The summed E-state index contributed by atoms with van der Waals surface area (Å²) in [5.74, 6) is -0.289. The molecule has 0 bridgehead atoms. The maximum atomic E-state index is 13.0. The van der Waals surface area contributed by atoms with E-state index in [1.807, 2.05) is 0 Å². The number of benzene rings is 1. The van der Waals surface area contributed by atoms with Crippen molar-refractivity contribution in [1.82, 2.24) is 10.2 Å². The van der Waals surface area contributed by atoms with E-state index < -0.39 is 0 Å². The first-order valence-corrected chi connectivity index (χ1v) is 7.37. The molecular weight excluding hydrogens is 263 g/mol. The van der Waals surface area contributed by atoms with Gasteiger partial charge in [0.1, 0.15) is 5.82 Å². The zero-order valence-corrected chi connectivity index (χ0v) is 12.8. The van der Waals surface area contributed by atoms with Crippen molar-refractivity contribution in [1.29, 1.82) is 0 Å². The van der Waals surface area contributed by atoms with E-state index in [0.29, 0.717) is 5.02 Å². The summed E-state index contributed by atoms with van der Waals surface area (Å²) in [4.78, 5) is 2.40. The third-order valence-electron chi connectivity index (χ3n) is 3.43. The van der Waals surface area contributed by atoms with E-state index in [1.165, 1.54) is 12.1 Å². The molecule has 1 rings (SSSR count). The van der Waals surface area contributed by atoms with Crippen molar-refractivity contribution in [3.63, 3.8) is 0 Å². The van der Waals surface area contributed by atoms with Crippen molar-refractivity contribution in [2.24, 2.45) is 0 Å². The highest BCUT2D eigenvalue weighted by atomic mass is 35.5. The summed E-state index contributed by atoms with van der Waals surface area (Å²) >= 11 is 6.04. The Hall–Kier alpha value is -0.640. The number of nitrogens with one attached hydrogen (secondary N) is 1. The summed E-state index contributed by atoms with van der Waals surface area (Å²) in [6, 6.07) is 4.71. The molecule has 0 aromatic heterocycles. The first-order valence-electron chi connectivity index (χ1n) is 6.99. The Balaban J connectivity index is 2.37. The predicted octanol–water partition coefficient (Wildman–Crippen LogP) is 3.86. The third-order valence-corrected chi connectivity index (χ3v) is 3.75. The molecule has 0 amide bonds. The Bertz CT molecular complexity index is 380. The van der Waals surface area contributed by atoms with Crippen molar-refractivity contribution < 1.29 is 4.39 Å². The number of hydrogen-bond acceptors (Lipinski definition) is 2. The summed E-state index contributed by atoms with van der Waals surface area (Å²) in [6.07, 6.45) is 1.10. The van der Waals surface area contributed by atoms with Gasteiger partial charge in [-0.1, -0.05) is 31.5 Å². The van der Waals surface area contributed by atoms with Crippen molar-refractivity contribution in [3.05, 3.63) is 34.6 Å². The highest BCUT2D eigenvalue weighted by Gasteiger charge is 2.09. The first kappa shape index (κ1) is 16.4. The van der Waals surface area contributed by atoms with E-state index in [1.54, 1.807) is 6.07 Å². The fraction of sp³-hybridized carbons (Fsp3) is 0.600. The minimum Gasteiger partial charge on any atom is -0.310 e. The maximum Gasteiger partial charge on any atom is 0.124 e. The lowest BCUT2D eigenvalue weighted by molar-refractivity contribution is 0.296. The second kappa shape index (κ2) is 8.51. The van der Waals surface area contributed by atoms with Crippen LogP contribution < -0.4 is 5.32 Å². The van der Waals surface area contributed by atoms with Crippen LogP contribution in [0.25, 0.3) is 0 Å². The van der Waals surface area contributed by atoms with E-state index in [9.17, 15) is 4.39 Å². The summed E-state index contributed by atoms with van der Waals surface area (Å²) in [7, 11) is 0. The molecule has 1 aromatic carbocycles. The highest BCUT2D eigenvalue weighted by Crippen LogP contribution is 2.23. The van der Waals surface area contributed by atoms with E-state index >= 15 is 0 Å². The van der Waals surface area contributed by atoms with Crippen LogP contribution >= 0.6 is 11.6 Å². The van der Waals surface area contributed by atoms with Crippen LogP contribution in [-0.4, -0.2) is 31.1 Å². The smallest absolute Gasteiger partial charge is 0.124 e. The largest absolute Gasteiger partial charge is 0.310 e. The number of nitrogens with zero attached hydrogens (tertiary/aromatic N) is 1. The van der Waals surface area contributed by atoms with Gasteiger partial charge in [0.05, 0.1) is 0 Å². The molecule has 4 heteroatoms. The fourth-order valence-electron chi connectivity index (χ4n) is 2.12. The van der Waals surface area contributed by atoms with Crippen molar-refractivity contribution >= 4 is 11.6 Å². The van der Waals surface area contributed by atoms with Crippen molar-refractivity contribution in [3.8, 4) is 0 Å². The van der Waals surface area contributed by atoms with Crippen LogP contribution in [0.5, 0.6) is 0 Å². The van der Waals surface area contributed by atoms with Gasteiger partial charge in [-0.2, -0.15) is 0 Å². The summed E-state index contributed by atoms with van der Waals surface area (Å²) in [5.41, 5.74) is 0.950. The van der Waals surface area contributed by atoms with Gasteiger partial charge in [-0.3, -0.25) is 0 Å². The molecule has 0 aliphatic heterocycles. The monoisotopic (exact) mass is 286 g/mol. The summed E-state index contributed by atoms with van der Waals surface area (Å²) in [6.45, 7) is 10.6. The average molecular weight is 287 g/mol. The number of hydrogen-bond donors (Lipinski definition) is 1. The molecule has 0 saturated carbocycles. The molecular formula is C15H24ClFN2. The van der Waals surface area contributed by atoms with Gasteiger partial charge in [-0.25, -0.2) is 4.39 Å². The molecule has 1 aromatic rings. The SMILES string of the molecule is CCN(CC)CCCNC(C)c1ccc(F)cc1Cl.